The number of carbonyl (C=O) groups is 1. The Morgan fingerprint density at radius 2 is 2.29 bits per heavy atom. The number of aromatic carboxylic acids is 1. The second kappa shape index (κ2) is 5.50. The number of carboxylic acids is 1. The third-order valence-corrected chi connectivity index (χ3v) is 4.17. The zero-order chi connectivity index (χ0) is 15.0. The van der Waals surface area contributed by atoms with Gasteiger partial charge in [-0.1, -0.05) is 28.9 Å². The molecule has 1 atom stereocenters. The summed E-state index contributed by atoms with van der Waals surface area (Å²) in [6.45, 7) is 2.08. The number of hydrogen-bond acceptors (Lipinski definition) is 4. The van der Waals surface area contributed by atoms with E-state index in [1.165, 1.54) is 6.07 Å². The molecule has 0 radical (unpaired) electrons. The van der Waals surface area contributed by atoms with Gasteiger partial charge in [-0.05, 0) is 37.6 Å². The number of rotatable bonds is 3. The fourth-order valence-electron chi connectivity index (χ4n) is 2.71. The maximum atomic E-state index is 10.8. The smallest absolute Gasteiger partial charge is 0.358 e. The van der Waals surface area contributed by atoms with Crippen molar-refractivity contribution < 1.29 is 14.4 Å². The van der Waals surface area contributed by atoms with Crippen LogP contribution in [0.3, 0.4) is 0 Å². The van der Waals surface area contributed by atoms with Gasteiger partial charge in [0.25, 0.3) is 0 Å². The lowest BCUT2D eigenvalue weighted by Crippen LogP contribution is -2.13. The number of hydrogen-bond donors (Lipinski definition) is 1. The fraction of sp³-hybridized carbons (Fsp3) is 0.333. The Kier molecular flexibility index (Phi) is 3.69. The van der Waals surface area contributed by atoms with Gasteiger partial charge in [0.05, 0.1) is 0 Å². The Morgan fingerprint density at radius 1 is 1.48 bits per heavy atom. The van der Waals surface area contributed by atoms with Crippen molar-refractivity contribution in [2.45, 2.75) is 12.3 Å². The molecule has 1 aliphatic rings. The summed E-state index contributed by atoms with van der Waals surface area (Å²) in [6, 6.07) is 7.09. The first kappa shape index (κ1) is 14.1. The topological polar surface area (TPSA) is 66.6 Å². The highest BCUT2D eigenvalue weighted by Gasteiger charge is 2.23. The fourth-order valence-corrected chi connectivity index (χ4v) is 3.05. The Balaban J connectivity index is 1.88. The molecule has 1 N–H and O–H groups in total. The van der Waals surface area contributed by atoms with E-state index in [1.807, 2.05) is 12.1 Å². The van der Waals surface area contributed by atoms with Crippen molar-refractivity contribution in [3.63, 3.8) is 0 Å². The van der Waals surface area contributed by atoms with Crippen LogP contribution in [-0.4, -0.2) is 41.3 Å². The van der Waals surface area contributed by atoms with Crippen LogP contribution < -0.4 is 0 Å². The minimum absolute atomic E-state index is 0.109. The third kappa shape index (κ3) is 2.80. The summed E-state index contributed by atoms with van der Waals surface area (Å²) in [4.78, 5) is 13.1. The molecule has 2 heterocycles. The highest BCUT2D eigenvalue weighted by atomic mass is 35.5. The Labute approximate surface area is 127 Å². The lowest BCUT2D eigenvalue weighted by Gasteiger charge is -2.13. The number of aromatic nitrogens is 1. The van der Waals surface area contributed by atoms with Crippen LogP contribution in [0, 0.1) is 0 Å². The van der Waals surface area contributed by atoms with Gasteiger partial charge in [0.2, 0.25) is 0 Å². The molecule has 0 aliphatic carbocycles. The predicted octanol–water partition coefficient (Wildman–Crippen LogP) is 3.11. The highest BCUT2D eigenvalue weighted by molar-refractivity contribution is 6.31. The number of halogens is 1. The van der Waals surface area contributed by atoms with E-state index in [4.69, 9.17) is 21.2 Å². The van der Waals surface area contributed by atoms with E-state index in [9.17, 15) is 4.79 Å². The molecular formula is C15H15ClN2O3. The van der Waals surface area contributed by atoms with Gasteiger partial charge in [-0.15, -0.1) is 0 Å². The van der Waals surface area contributed by atoms with Crippen LogP contribution >= 0.6 is 11.6 Å². The quantitative estimate of drug-likeness (QED) is 0.943. The molecule has 0 bridgehead atoms. The monoisotopic (exact) mass is 306 g/mol. The molecule has 1 fully saturated rings. The van der Waals surface area contributed by atoms with Crippen molar-refractivity contribution >= 4 is 17.6 Å². The third-order valence-electron chi connectivity index (χ3n) is 3.85. The van der Waals surface area contributed by atoms with Crippen molar-refractivity contribution in [2.75, 3.05) is 20.1 Å². The van der Waals surface area contributed by atoms with Crippen molar-refractivity contribution in [2.24, 2.45) is 0 Å². The zero-order valence-electron chi connectivity index (χ0n) is 11.5. The Hall–Kier alpha value is -1.85. The van der Waals surface area contributed by atoms with Crippen molar-refractivity contribution in [3.05, 3.63) is 40.5 Å². The summed E-state index contributed by atoms with van der Waals surface area (Å²) in [7, 11) is 2.10. The first-order chi connectivity index (χ1) is 10.0. The van der Waals surface area contributed by atoms with E-state index < -0.39 is 5.97 Å². The van der Waals surface area contributed by atoms with Crippen LogP contribution in [0.5, 0.6) is 0 Å². The molecule has 0 saturated carbocycles. The zero-order valence-corrected chi connectivity index (χ0v) is 12.3. The van der Waals surface area contributed by atoms with Gasteiger partial charge in [-0.25, -0.2) is 4.79 Å². The van der Waals surface area contributed by atoms with E-state index in [0.717, 1.165) is 30.6 Å². The minimum Gasteiger partial charge on any atom is -0.476 e. The number of likely N-dealkylation sites (N-methyl/N-ethyl adjacent to an activating group) is 1. The molecule has 3 rings (SSSR count). The first-order valence-corrected chi connectivity index (χ1v) is 7.11. The molecule has 21 heavy (non-hydrogen) atoms. The van der Waals surface area contributed by atoms with Gasteiger partial charge in [0, 0.05) is 23.2 Å². The lowest BCUT2D eigenvalue weighted by atomic mass is 9.96. The summed E-state index contributed by atoms with van der Waals surface area (Å²) in [6.07, 6.45) is 1.10. The number of benzene rings is 1. The maximum absolute atomic E-state index is 10.8. The van der Waals surface area contributed by atoms with Crippen LogP contribution in [0.1, 0.15) is 28.4 Å². The van der Waals surface area contributed by atoms with Crippen LogP contribution in [0.4, 0.5) is 0 Å². The minimum atomic E-state index is -1.11. The van der Waals surface area contributed by atoms with Crippen LogP contribution in [-0.2, 0) is 0 Å². The van der Waals surface area contributed by atoms with E-state index >= 15 is 0 Å². The molecule has 0 spiro atoms. The molecular weight excluding hydrogens is 292 g/mol. The van der Waals surface area contributed by atoms with Gasteiger partial charge in [-0.2, -0.15) is 0 Å². The molecule has 1 aliphatic heterocycles. The van der Waals surface area contributed by atoms with E-state index in [0.29, 0.717) is 16.7 Å². The van der Waals surface area contributed by atoms with Crippen molar-refractivity contribution in [3.8, 4) is 11.3 Å². The predicted molar refractivity (Wildman–Crippen MR) is 78.8 cm³/mol. The lowest BCUT2D eigenvalue weighted by molar-refractivity contribution is 0.0686. The summed E-state index contributed by atoms with van der Waals surface area (Å²) in [5, 5.41) is 13.0. The number of nitrogens with zero attached hydrogens (tertiary/aromatic N) is 2. The van der Waals surface area contributed by atoms with Gasteiger partial charge >= 0.3 is 5.97 Å². The summed E-state index contributed by atoms with van der Waals surface area (Å²) in [5.74, 6) is -0.257. The molecule has 5 nitrogen and oxygen atoms in total. The molecule has 1 aromatic heterocycles. The summed E-state index contributed by atoms with van der Waals surface area (Å²) >= 11 is 6.38. The summed E-state index contributed by atoms with van der Waals surface area (Å²) in [5.41, 5.74) is 1.75. The molecule has 110 valence electrons. The highest BCUT2D eigenvalue weighted by Crippen LogP contribution is 2.34. The maximum Gasteiger partial charge on any atom is 0.358 e. The van der Waals surface area contributed by atoms with Crippen molar-refractivity contribution in [1.82, 2.24) is 10.1 Å². The van der Waals surface area contributed by atoms with Gasteiger partial charge in [0.15, 0.2) is 11.5 Å². The van der Waals surface area contributed by atoms with Gasteiger partial charge in [-0.3, -0.25) is 0 Å². The molecule has 1 unspecified atom stereocenters. The standard InChI is InChI=1S/C15H15ClN2O3/c1-18-5-4-10(8-18)11-3-2-9(6-12(11)16)14-7-13(15(19)20)17-21-14/h2-3,6-7,10H,4-5,8H2,1H3,(H,19,20). The Bertz CT molecular complexity index is 683. The molecule has 6 heteroatoms. The normalized spacial score (nSPS) is 19.0. The SMILES string of the molecule is CN1CCC(c2ccc(-c3cc(C(=O)O)no3)cc2Cl)C1. The average Bonchev–Trinajstić information content (AvgIpc) is 3.07. The van der Waals surface area contributed by atoms with Crippen LogP contribution in [0.25, 0.3) is 11.3 Å². The number of carboxylic acid groups (broad SMARTS) is 1. The Morgan fingerprint density at radius 3 is 2.86 bits per heavy atom. The molecule has 2 aromatic rings. The first-order valence-electron chi connectivity index (χ1n) is 6.73. The largest absolute Gasteiger partial charge is 0.476 e. The molecule has 1 aromatic carbocycles. The van der Waals surface area contributed by atoms with Crippen molar-refractivity contribution in [1.29, 1.82) is 0 Å². The second-order valence-corrected chi connectivity index (χ2v) is 5.77. The van der Waals surface area contributed by atoms with Crippen LogP contribution in [0.15, 0.2) is 28.8 Å². The average molecular weight is 307 g/mol. The van der Waals surface area contributed by atoms with E-state index in [-0.39, 0.29) is 5.69 Å². The van der Waals surface area contributed by atoms with Crippen LogP contribution in [0.2, 0.25) is 5.02 Å². The van der Waals surface area contributed by atoms with E-state index in [2.05, 4.69) is 17.1 Å². The van der Waals surface area contributed by atoms with Gasteiger partial charge in [0.1, 0.15) is 0 Å². The van der Waals surface area contributed by atoms with E-state index in [1.54, 1.807) is 6.07 Å². The number of likely N-dealkylation sites (tertiary alicyclic amines) is 1. The summed E-state index contributed by atoms with van der Waals surface area (Å²) < 4.78 is 5.05. The second-order valence-electron chi connectivity index (χ2n) is 5.37. The van der Waals surface area contributed by atoms with Gasteiger partial charge < -0.3 is 14.5 Å². The molecule has 1 saturated heterocycles. The molecule has 0 amide bonds.